The number of amides is 2. The minimum atomic E-state index is -4.48. The van der Waals surface area contributed by atoms with Gasteiger partial charge in [0.2, 0.25) is 0 Å². The third kappa shape index (κ3) is 3.44. The van der Waals surface area contributed by atoms with Crippen LogP contribution in [0.4, 0.5) is 23.7 Å². The van der Waals surface area contributed by atoms with Crippen molar-refractivity contribution < 1.29 is 18.0 Å². The van der Waals surface area contributed by atoms with Crippen LogP contribution >= 0.6 is 23.3 Å². The summed E-state index contributed by atoms with van der Waals surface area (Å²) < 4.78 is 43.7. The zero-order valence-corrected chi connectivity index (χ0v) is 10.7. The number of urea groups is 1. The molecule has 0 fully saturated rings. The van der Waals surface area contributed by atoms with E-state index in [4.69, 9.17) is 11.6 Å². The quantitative estimate of drug-likeness (QED) is 0.896. The van der Waals surface area contributed by atoms with E-state index >= 15 is 0 Å². The van der Waals surface area contributed by atoms with Gasteiger partial charge in [-0.3, -0.25) is 0 Å². The van der Waals surface area contributed by atoms with Gasteiger partial charge in [-0.1, -0.05) is 11.6 Å². The second-order valence-electron chi connectivity index (χ2n) is 3.48. The van der Waals surface area contributed by atoms with Crippen molar-refractivity contribution in [2.75, 3.05) is 11.9 Å². The molecule has 1 heterocycles. The van der Waals surface area contributed by atoms with Crippen molar-refractivity contribution in [3.05, 3.63) is 17.2 Å². The van der Waals surface area contributed by atoms with Gasteiger partial charge in [0.15, 0.2) is 0 Å². The molecule has 0 radical (unpaired) electrons. The van der Waals surface area contributed by atoms with Crippen LogP contribution in [0, 0.1) is 0 Å². The molecule has 0 aliphatic carbocycles. The van der Waals surface area contributed by atoms with Crippen LogP contribution in [0.5, 0.6) is 0 Å². The second kappa shape index (κ2) is 5.17. The highest BCUT2D eigenvalue weighted by Gasteiger charge is 2.28. The molecule has 2 aromatic rings. The Balaban J connectivity index is 2.15. The molecule has 2 amide bonds. The zero-order valence-electron chi connectivity index (χ0n) is 9.08. The third-order valence-corrected chi connectivity index (χ3v) is 2.92. The lowest BCUT2D eigenvalue weighted by atomic mass is 10.2. The van der Waals surface area contributed by atoms with E-state index in [9.17, 15) is 18.0 Å². The first-order chi connectivity index (χ1) is 8.87. The molecule has 0 aliphatic heterocycles. The molecular formula is C9H6ClF3N4OS. The van der Waals surface area contributed by atoms with Gasteiger partial charge in [-0.15, -0.1) is 0 Å². The Morgan fingerprint density at radius 1 is 1.37 bits per heavy atom. The minimum absolute atomic E-state index is 0.132. The van der Waals surface area contributed by atoms with Crippen LogP contribution in [-0.4, -0.2) is 27.5 Å². The Kier molecular flexibility index (Phi) is 3.76. The predicted octanol–water partition coefficient (Wildman–Crippen LogP) is 3.03. The fraction of sp³-hybridized carbons (Fsp3) is 0.222. The molecule has 1 aromatic carbocycles. The summed E-state index contributed by atoms with van der Waals surface area (Å²) in [6, 6.07) is 2.06. The van der Waals surface area contributed by atoms with E-state index in [1.165, 1.54) is 6.07 Å². The minimum Gasteiger partial charge on any atom is -0.329 e. The number of rotatable bonds is 2. The van der Waals surface area contributed by atoms with Gasteiger partial charge in [0.1, 0.15) is 17.6 Å². The first-order valence-corrected chi connectivity index (χ1v) is 6.00. The number of alkyl halides is 3. The summed E-state index contributed by atoms with van der Waals surface area (Å²) in [7, 11) is 0. The fourth-order valence-electron chi connectivity index (χ4n) is 1.28. The number of anilines is 1. The Hall–Kier alpha value is -1.61. The van der Waals surface area contributed by atoms with E-state index in [1.807, 2.05) is 0 Å². The molecular weight excluding hydrogens is 305 g/mol. The number of hydrogen-bond donors (Lipinski definition) is 2. The number of carbonyl (C=O) groups excluding carboxylic acids is 1. The lowest BCUT2D eigenvalue weighted by Gasteiger charge is -2.10. The van der Waals surface area contributed by atoms with Gasteiger partial charge in [0.05, 0.1) is 22.4 Å². The molecule has 0 bridgehead atoms. The number of hydrogen-bond acceptors (Lipinski definition) is 4. The number of fused-ring (bicyclic) bond motifs is 1. The van der Waals surface area contributed by atoms with E-state index < -0.39 is 18.8 Å². The number of nitrogens with zero attached hydrogens (tertiary/aromatic N) is 2. The molecule has 10 heteroatoms. The number of halogens is 4. The Morgan fingerprint density at radius 2 is 2.11 bits per heavy atom. The van der Waals surface area contributed by atoms with Crippen molar-refractivity contribution in [1.29, 1.82) is 0 Å². The van der Waals surface area contributed by atoms with Gasteiger partial charge in [0, 0.05) is 0 Å². The summed E-state index contributed by atoms with van der Waals surface area (Å²) in [5.74, 6) is 0. The number of benzene rings is 1. The molecule has 2 N–H and O–H groups in total. The number of nitrogens with one attached hydrogen (secondary N) is 2. The summed E-state index contributed by atoms with van der Waals surface area (Å²) in [4.78, 5) is 11.4. The predicted molar refractivity (Wildman–Crippen MR) is 65.5 cm³/mol. The van der Waals surface area contributed by atoms with E-state index in [2.05, 4.69) is 14.1 Å². The maximum Gasteiger partial charge on any atom is 0.405 e. The molecule has 0 saturated heterocycles. The van der Waals surface area contributed by atoms with E-state index in [0.29, 0.717) is 11.0 Å². The maximum atomic E-state index is 11.9. The lowest BCUT2D eigenvalue weighted by Crippen LogP contribution is -2.36. The van der Waals surface area contributed by atoms with Crippen LogP contribution in [0.15, 0.2) is 12.1 Å². The van der Waals surface area contributed by atoms with Crippen LogP contribution in [-0.2, 0) is 0 Å². The Morgan fingerprint density at radius 3 is 2.79 bits per heavy atom. The number of carbonyl (C=O) groups is 1. The summed E-state index contributed by atoms with van der Waals surface area (Å²) in [5, 5.41) is 4.08. The highest BCUT2D eigenvalue weighted by atomic mass is 35.5. The monoisotopic (exact) mass is 310 g/mol. The normalized spacial score (nSPS) is 11.6. The molecule has 1 aromatic heterocycles. The number of aromatic nitrogens is 2. The van der Waals surface area contributed by atoms with Gasteiger partial charge >= 0.3 is 12.2 Å². The average Bonchev–Trinajstić information content (AvgIpc) is 2.78. The second-order valence-corrected chi connectivity index (χ2v) is 4.41. The van der Waals surface area contributed by atoms with Crippen molar-refractivity contribution >= 4 is 46.1 Å². The molecule has 0 atom stereocenters. The van der Waals surface area contributed by atoms with Crippen LogP contribution in [0.25, 0.3) is 11.0 Å². The summed E-state index contributed by atoms with van der Waals surface area (Å²) >= 11 is 6.78. The summed E-state index contributed by atoms with van der Waals surface area (Å²) in [6.07, 6.45) is -4.48. The van der Waals surface area contributed by atoms with Crippen LogP contribution in [0.1, 0.15) is 0 Å². The topological polar surface area (TPSA) is 66.9 Å². The first kappa shape index (κ1) is 13.8. The van der Waals surface area contributed by atoms with Crippen molar-refractivity contribution in [2.45, 2.75) is 6.18 Å². The van der Waals surface area contributed by atoms with Gasteiger partial charge in [-0.2, -0.15) is 21.9 Å². The molecule has 102 valence electrons. The van der Waals surface area contributed by atoms with Crippen LogP contribution < -0.4 is 10.6 Å². The largest absolute Gasteiger partial charge is 0.405 e. The molecule has 0 aliphatic rings. The van der Waals surface area contributed by atoms with E-state index in [-0.39, 0.29) is 10.7 Å². The highest BCUT2D eigenvalue weighted by molar-refractivity contribution is 7.00. The fourth-order valence-corrected chi connectivity index (χ4v) is 2.03. The van der Waals surface area contributed by atoms with Crippen molar-refractivity contribution in [3.63, 3.8) is 0 Å². The molecule has 0 saturated carbocycles. The zero-order chi connectivity index (χ0) is 14.0. The Labute approximate surface area is 114 Å². The summed E-state index contributed by atoms with van der Waals surface area (Å²) in [6.45, 7) is -1.43. The van der Waals surface area contributed by atoms with Gasteiger partial charge in [0.25, 0.3) is 0 Å². The smallest absolute Gasteiger partial charge is 0.329 e. The van der Waals surface area contributed by atoms with Crippen molar-refractivity contribution in [1.82, 2.24) is 14.1 Å². The molecule has 19 heavy (non-hydrogen) atoms. The molecule has 0 spiro atoms. The van der Waals surface area contributed by atoms with Crippen molar-refractivity contribution in [3.8, 4) is 0 Å². The van der Waals surface area contributed by atoms with Crippen molar-refractivity contribution in [2.24, 2.45) is 0 Å². The maximum absolute atomic E-state index is 11.9. The van der Waals surface area contributed by atoms with Crippen LogP contribution in [0.3, 0.4) is 0 Å². The SMILES string of the molecule is O=C(NCC(F)(F)F)Nc1c(Cl)ccc2nsnc12. The van der Waals surface area contributed by atoms with Crippen LogP contribution in [0.2, 0.25) is 5.02 Å². The summed E-state index contributed by atoms with van der Waals surface area (Å²) in [5.41, 5.74) is 0.966. The Bertz CT molecular complexity index is 615. The van der Waals surface area contributed by atoms with Gasteiger partial charge in [-0.05, 0) is 12.1 Å². The molecule has 0 unspecified atom stereocenters. The lowest BCUT2D eigenvalue weighted by molar-refractivity contribution is -0.122. The van der Waals surface area contributed by atoms with E-state index in [1.54, 1.807) is 11.4 Å². The molecule has 2 rings (SSSR count). The third-order valence-electron chi connectivity index (χ3n) is 2.06. The van der Waals surface area contributed by atoms with Gasteiger partial charge < -0.3 is 10.6 Å². The standard InChI is InChI=1S/C9H6ClF3N4OS/c10-4-1-2-5-7(17-19-16-5)6(4)15-8(18)14-3-9(11,12)13/h1-2H,3H2,(H2,14,15,18). The molecule has 5 nitrogen and oxygen atoms in total. The first-order valence-electron chi connectivity index (χ1n) is 4.89. The van der Waals surface area contributed by atoms with Gasteiger partial charge in [-0.25, -0.2) is 4.79 Å². The average molecular weight is 311 g/mol. The highest BCUT2D eigenvalue weighted by Crippen LogP contribution is 2.29. The van der Waals surface area contributed by atoms with E-state index in [0.717, 1.165) is 11.7 Å².